The average Bonchev–Trinajstić information content (AvgIpc) is 2.97. The molecule has 3 aromatic rings. The smallest absolute Gasteiger partial charge is 0.411 e. The number of benzene rings is 3. The molecule has 212 valence electrons. The second-order valence-electron chi connectivity index (χ2n) is 10.6. The lowest BCUT2D eigenvalue weighted by molar-refractivity contribution is 0.264. The summed E-state index contributed by atoms with van der Waals surface area (Å²) >= 11 is 0. The third-order valence-corrected chi connectivity index (χ3v) is 9.25. The Morgan fingerprint density at radius 3 is 1.74 bits per heavy atom. The summed E-state index contributed by atoms with van der Waals surface area (Å²) in [6.45, 7) is 4.73. The summed E-state index contributed by atoms with van der Waals surface area (Å²) in [7, 11) is -3.64. The minimum Gasteiger partial charge on any atom is -0.421 e. The monoisotopic (exact) mass is 548 g/mol. The fraction of sp³-hybridized carbons (Fsp3) is 0.486. The SMILES string of the molecule is CCCCCCCCc1ccccc1OP(=O)(OCc1ccccc1)c1ccccc1CCCCCCCC. The van der Waals surface area contributed by atoms with Gasteiger partial charge in [0.25, 0.3) is 0 Å². The maximum Gasteiger partial charge on any atom is 0.411 e. The van der Waals surface area contributed by atoms with Crippen molar-refractivity contribution in [3.05, 3.63) is 95.6 Å². The van der Waals surface area contributed by atoms with E-state index in [1.54, 1.807) is 0 Å². The molecule has 3 rings (SSSR count). The molecule has 0 amide bonds. The highest BCUT2D eigenvalue weighted by atomic mass is 31.2. The highest BCUT2D eigenvalue weighted by Crippen LogP contribution is 2.50. The summed E-state index contributed by atoms with van der Waals surface area (Å²) in [6.07, 6.45) is 16.6. The third kappa shape index (κ3) is 11.0. The van der Waals surface area contributed by atoms with Crippen molar-refractivity contribution in [3.8, 4) is 5.75 Å². The molecule has 39 heavy (non-hydrogen) atoms. The average molecular weight is 549 g/mol. The van der Waals surface area contributed by atoms with Crippen molar-refractivity contribution in [1.29, 1.82) is 0 Å². The van der Waals surface area contributed by atoms with E-state index < -0.39 is 7.60 Å². The van der Waals surface area contributed by atoms with Crippen molar-refractivity contribution in [3.63, 3.8) is 0 Å². The molecule has 0 heterocycles. The number of unbranched alkanes of at least 4 members (excludes halogenated alkanes) is 10. The molecule has 3 nitrogen and oxygen atoms in total. The van der Waals surface area contributed by atoms with E-state index in [4.69, 9.17) is 9.05 Å². The highest BCUT2D eigenvalue weighted by molar-refractivity contribution is 7.62. The summed E-state index contributed by atoms with van der Waals surface area (Å²) in [5.41, 5.74) is 3.15. The fourth-order valence-electron chi connectivity index (χ4n) is 4.99. The van der Waals surface area contributed by atoms with Gasteiger partial charge in [0, 0.05) is 0 Å². The van der Waals surface area contributed by atoms with Gasteiger partial charge in [0.15, 0.2) is 0 Å². The topological polar surface area (TPSA) is 35.5 Å². The molecule has 0 saturated heterocycles. The Morgan fingerprint density at radius 2 is 1.08 bits per heavy atom. The van der Waals surface area contributed by atoms with Gasteiger partial charge in [0.05, 0.1) is 11.9 Å². The van der Waals surface area contributed by atoms with Crippen LogP contribution in [-0.2, 0) is 28.5 Å². The normalized spacial score (nSPS) is 12.8. The summed E-state index contributed by atoms with van der Waals surface area (Å²) < 4.78 is 27.4. The Hall–Kier alpha value is -2.35. The van der Waals surface area contributed by atoms with Gasteiger partial charge in [-0.25, -0.2) is 4.57 Å². The van der Waals surface area contributed by atoms with Crippen LogP contribution in [0.3, 0.4) is 0 Å². The van der Waals surface area contributed by atoms with Crippen LogP contribution in [0.15, 0.2) is 78.9 Å². The van der Waals surface area contributed by atoms with Crippen LogP contribution in [-0.4, -0.2) is 0 Å². The van der Waals surface area contributed by atoms with Gasteiger partial charge in [-0.15, -0.1) is 0 Å². The van der Waals surface area contributed by atoms with Crippen LogP contribution < -0.4 is 9.83 Å². The zero-order valence-corrected chi connectivity index (χ0v) is 25.2. The van der Waals surface area contributed by atoms with Gasteiger partial charge in [0.2, 0.25) is 0 Å². The molecule has 0 aliphatic carbocycles. The van der Waals surface area contributed by atoms with Crippen molar-refractivity contribution in [2.45, 2.75) is 110 Å². The van der Waals surface area contributed by atoms with Crippen LogP contribution in [0, 0.1) is 0 Å². The lowest BCUT2D eigenvalue weighted by atomic mass is 10.0. The standard InChI is InChI=1S/C35H49O3P/c1-3-5-7-9-11-16-24-32-25-18-20-28-34(32)38-39(36,37-30-31-22-14-13-15-23-31)35-29-21-19-27-33(35)26-17-12-10-8-6-4-2/h13-15,18-23,25,27-29H,3-12,16-17,24,26,30H2,1-2H3. The van der Waals surface area contributed by atoms with Crippen LogP contribution in [0.25, 0.3) is 0 Å². The van der Waals surface area contributed by atoms with Gasteiger partial charge >= 0.3 is 7.60 Å². The summed E-state index contributed by atoms with van der Waals surface area (Å²) in [5, 5.41) is 0.698. The van der Waals surface area contributed by atoms with Gasteiger partial charge in [-0.2, -0.15) is 0 Å². The molecule has 0 spiro atoms. The molecule has 0 aliphatic heterocycles. The minimum atomic E-state index is -3.64. The van der Waals surface area contributed by atoms with E-state index in [0.29, 0.717) is 11.1 Å². The molecule has 0 N–H and O–H groups in total. The third-order valence-electron chi connectivity index (χ3n) is 7.32. The van der Waals surface area contributed by atoms with Crippen LogP contribution in [0.1, 0.15) is 108 Å². The predicted octanol–water partition coefficient (Wildman–Crippen LogP) is 10.6. The van der Waals surface area contributed by atoms with Crippen molar-refractivity contribution in [2.24, 2.45) is 0 Å². The maximum absolute atomic E-state index is 14.7. The molecule has 4 heteroatoms. The predicted molar refractivity (Wildman–Crippen MR) is 166 cm³/mol. The minimum absolute atomic E-state index is 0.239. The van der Waals surface area contributed by atoms with E-state index in [1.165, 1.54) is 64.2 Å². The fourth-order valence-corrected chi connectivity index (χ4v) is 6.84. The zero-order valence-electron chi connectivity index (χ0n) is 24.3. The molecule has 0 bridgehead atoms. The molecule has 1 unspecified atom stereocenters. The van der Waals surface area contributed by atoms with Crippen molar-refractivity contribution >= 4 is 12.9 Å². The first-order valence-corrected chi connectivity index (χ1v) is 16.8. The number of hydrogen-bond donors (Lipinski definition) is 0. The summed E-state index contributed by atoms with van der Waals surface area (Å²) in [5.74, 6) is 0.678. The molecule has 0 radical (unpaired) electrons. The Morgan fingerprint density at radius 1 is 0.564 bits per heavy atom. The van der Waals surface area contributed by atoms with Gasteiger partial charge in [-0.3, -0.25) is 4.52 Å². The van der Waals surface area contributed by atoms with Crippen molar-refractivity contribution in [1.82, 2.24) is 0 Å². The molecular weight excluding hydrogens is 499 g/mol. The highest BCUT2D eigenvalue weighted by Gasteiger charge is 2.32. The summed E-state index contributed by atoms with van der Waals surface area (Å²) in [6, 6.07) is 26.0. The molecule has 1 atom stereocenters. The molecule has 0 aromatic heterocycles. The lowest BCUT2D eigenvalue weighted by Crippen LogP contribution is -2.18. The van der Waals surface area contributed by atoms with E-state index >= 15 is 0 Å². The molecular formula is C35H49O3P. The Bertz CT molecular complexity index is 1110. The van der Waals surface area contributed by atoms with Gasteiger partial charge in [-0.1, -0.05) is 145 Å². The first-order valence-electron chi connectivity index (χ1n) is 15.3. The van der Waals surface area contributed by atoms with Crippen LogP contribution in [0.2, 0.25) is 0 Å². The number of aryl methyl sites for hydroxylation is 2. The Balaban J connectivity index is 1.79. The largest absolute Gasteiger partial charge is 0.421 e. The first-order chi connectivity index (χ1) is 19.2. The number of rotatable bonds is 20. The summed E-state index contributed by atoms with van der Waals surface area (Å²) in [4.78, 5) is 0. The lowest BCUT2D eigenvalue weighted by Gasteiger charge is -2.23. The van der Waals surface area contributed by atoms with Gasteiger partial charge in [-0.05, 0) is 54.5 Å². The Kier molecular flexibility index (Phi) is 14.5. The molecule has 0 fully saturated rings. The van der Waals surface area contributed by atoms with Gasteiger partial charge in [0.1, 0.15) is 5.75 Å². The van der Waals surface area contributed by atoms with Crippen LogP contribution >= 0.6 is 7.60 Å². The second-order valence-corrected chi connectivity index (χ2v) is 12.5. The Labute approximate surface area is 237 Å². The first kappa shape index (κ1) is 31.2. The second kappa shape index (κ2) is 18.1. The van der Waals surface area contributed by atoms with Crippen molar-refractivity contribution in [2.75, 3.05) is 0 Å². The number of hydrogen-bond acceptors (Lipinski definition) is 3. The quantitative estimate of drug-likeness (QED) is 0.104. The molecule has 0 saturated carbocycles. The van der Waals surface area contributed by atoms with Gasteiger partial charge < -0.3 is 4.52 Å². The number of para-hydroxylation sites is 1. The van der Waals surface area contributed by atoms with Crippen LogP contribution in [0.4, 0.5) is 0 Å². The van der Waals surface area contributed by atoms with Crippen LogP contribution in [0.5, 0.6) is 5.75 Å². The van der Waals surface area contributed by atoms with E-state index in [0.717, 1.165) is 42.4 Å². The maximum atomic E-state index is 14.7. The van der Waals surface area contributed by atoms with E-state index in [9.17, 15) is 4.57 Å². The van der Waals surface area contributed by atoms with E-state index in [2.05, 4.69) is 26.0 Å². The molecule has 3 aromatic carbocycles. The van der Waals surface area contributed by atoms with E-state index in [1.807, 2.05) is 66.7 Å². The van der Waals surface area contributed by atoms with E-state index in [-0.39, 0.29) is 6.61 Å². The molecule has 0 aliphatic rings. The zero-order chi connectivity index (χ0) is 27.6. The van der Waals surface area contributed by atoms with Crippen molar-refractivity contribution < 1.29 is 13.6 Å².